The molecule has 0 amide bonds. The van der Waals surface area contributed by atoms with Crippen LogP contribution in [0.5, 0.6) is 11.5 Å². The topological polar surface area (TPSA) is 55.8 Å². The maximum Gasteiger partial charge on any atom is 0.331 e. The zero-order chi connectivity index (χ0) is 15.8. The highest BCUT2D eigenvalue weighted by Gasteiger charge is 2.11. The van der Waals surface area contributed by atoms with E-state index in [1.165, 1.54) is 0 Å². The van der Waals surface area contributed by atoms with E-state index in [2.05, 4.69) is 0 Å². The first kappa shape index (κ1) is 17.1. The second-order valence-corrected chi connectivity index (χ2v) is 4.91. The summed E-state index contributed by atoms with van der Waals surface area (Å²) >= 11 is 0. The molecule has 0 bridgehead atoms. The number of rotatable bonds is 8. The van der Waals surface area contributed by atoms with Gasteiger partial charge in [0, 0.05) is 5.57 Å². The SMILES string of the molecule is CCCOc1ccc(C(C)=C(C)C(=O)O)cc1OCCC. The van der Waals surface area contributed by atoms with Gasteiger partial charge in [0.2, 0.25) is 0 Å². The first-order valence-corrected chi connectivity index (χ1v) is 7.32. The van der Waals surface area contributed by atoms with Crippen molar-refractivity contribution in [2.24, 2.45) is 0 Å². The molecule has 0 aromatic heterocycles. The van der Waals surface area contributed by atoms with Crippen LogP contribution in [0.15, 0.2) is 23.8 Å². The number of hydrogen-bond acceptors (Lipinski definition) is 3. The molecule has 0 heterocycles. The summed E-state index contributed by atoms with van der Waals surface area (Å²) in [4.78, 5) is 11.1. The third-order valence-corrected chi connectivity index (χ3v) is 3.18. The van der Waals surface area contributed by atoms with Crippen molar-refractivity contribution >= 4 is 11.5 Å². The molecule has 116 valence electrons. The van der Waals surface area contributed by atoms with E-state index >= 15 is 0 Å². The van der Waals surface area contributed by atoms with Crippen molar-refractivity contribution in [3.05, 3.63) is 29.3 Å². The number of aliphatic carboxylic acids is 1. The molecule has 0 aliphatic rings. The number of allylic oxidation sites excluding steroid dienone is 1. The highest BCUT2D eigenvalue weighted by Crippen LogP contribution is 2.32. The zero-order valence-corrected chi connectivity index (χ0v) is 13.2. The van der Waals surface area contributed by atoms with Crippen molar-refractivity contribution < 1.29 is 19.4 Å². The minimum absolute atomic E-state index is 0.332. The monoisotopic (exact) mass is 292 g/mol. The molecule has 4 nitrogen and oxygen atoms in total. The number of hydrogen-bond donors (Lipinski definition) is 1. The number of carbonyl (C=O) groups is 1. The van der Waals surface area contributed by atoms with E-state index in [-0.39, 0.29) is 0 Å². The minimum Gasteiger partial charge on any atom is -0.490 e. The Morgan fingerprint density at radius 1 is 1.05 bits per heavy atom. The molecule has 1 N–H and O–H groups in total. The highest BCUT2D eigenvalue weighted by molar-refractivity contribution is 5.95. The van der Waals surface area contributed by atoms with Crippen molar-refractivity contribution in [1.29, 1.82) is 0 Å². The van der Waals surface area contributed by atoms with Crippen molar-refractivity contribution in [3.63, 3.8) is 0 Å². The van der Waals surface area contributed by atoms with Gasteiger partial charge in [-0.1, -0.05) is 19.9 Å². The second kappa shape index (κ2) is 8.35. The summed E-state index contributed by atoms with van der Waals surface area (Å²) in [6, 6.07) is 5.56. The molecule has 0 radical (unpaired) electrons. The molecule has 0 unspecified atom stereocenters. The molecule has 0 atom stereocenters. The number of carboxylic acids is 1. The molecule has 0 aliphatic heterocycles. The predicted molar refractivity (Wildman–Crippen MR) is 83.9 cm³/mol. The molecular formula is C17H24O4. The lowest BCUT2D eigenvalue weighted by Gasteiger charge is -2.14. The summed E-state index contributed by atoms with van der Waals surface area (Å²) in [6.45, 7) is 8.72. The molecule has 0 saturated heterocycles. The smallest absolute Gasteiger partial charge is 0.331 e. The Balaban J connectivity index is 3.13. The summed E-state index contributed by atoms with van der Waals surface area (Å²) in [5, 5.41) is 9.08. The van der Waals surface area contributed by atoms with Crippen LogP contribution in [0.3, 0.4) is 0 Å². The Bertz CT molecular complexity index is 518. The minimum atomic E-state index is -0.908. The van der Waals surface area contributed by atoms with E-state index < -0.39 is 5.97 Å². The van der Waals surface area contributed by atoms with Crippen LogP contribution < -0.4 is 9.47 Å². The highest BCUT2D eigenvalue weighted by atomic mass is 16.5. The summed E-state index contributed by atoms with van der Waals surface area (Å²) in [7, 11) is 0. The summed E-state index contributed by atoms with van der Waals surface area (Å²) in [6.07, 6.45) is 1.83. The molecule has 1 aromatic carbocycles. The van der Waals surface area contributed by atoms with Gasteiger partial charge in [0.15, 0.2) is 11.5 Å². The number of ether oxygens (including phenoxy) is 2. The van der Waals surface area contributed by atoms with Gasteiger partial charge in [0.25, 0.3) is 0 Å². The molecule has 0 spiro atoms. The molecule has 21 heavy (non-hydrogen) atoms. The number of carboxylic acid groups (broad SMARTS) is 1. The Morgan fingerprint density at radius 2 is 1.62 bits per heavy atom. The van der Waals surface area contributed by atoms with E-state index in [1.54, 1.807) is 13.8 Å². The lowest BCUT2D eigenvalue weighted by molar-refractivity contribution is -0.132. The van der Waals surface area contributed by atoms with Crippen molar-refractivity contribution in [1.82, 2.24) is 0 Å². The third kappa shape index (κ3) is 4.81. The molecular weight excluding hydrogens is 268 g/mol. The van der Waals surface area contributed by atoms with Gasteiger partial charge >= 0.3 is 5.97 Å². The second-order valence-electron chi connectivity index (χ2n) is 4.91. The summed E-state index contributed by atoms with van der Waals surface area (Å²) in [5.41, 5.74) is 1.90. The molecule has 0 saturated carbocycles. The van der Waals surface area contributed by atoms with Crippen LogP contribution in [0.4, 0.5) is 0 Å². The summed E-state index contributed by atoms with van der Waals surface area (Å²) < 4.78 is 11.4. The van der Waals surface area contributed by atoms with Crippen molar-refractivity contribution in [2.75, 3.05) is 13.2 Å². The van der Waals surface area contributed by atoms with Crippen LogP contribution >= 0.6 is 0 Å². The van der Waals surface area contributed by atoms with Crippen LogP contribution in [0, 0.1) is 0 Å². The van der Waals surface area contributed by atoms with Crippen molar-refractivity contribution in [2.45, 2.75) is 40.5 Å². The maximum absolute atomic E-state index is 11.1. The van der Waals surface area contributed by atoms with E-state index in [0.29, 0.717) is 30.3 Å². The van der Waals surface area contributed by atoms with Crippen LogP contribution in [0.25, 0.3) is 5.57 Å². The molecule has 1 rings (SSSR count). The molecule has 0 fully saturated rings. The van der Waals surface area contributed by atoms with Crippen LogP contribution in [0.1, 0.15) is 46.1 Å². The van der Waals surface area contributed by atoms with E-state index in [0.717, 1.165) is 24.0 Å². The standard InChI is InChI=1S/C17H24O4/c1-5-9-20-15-8-7-14(11-16(15)21-10-6-2)12(3)13(4)17(18)19/h7-8,11H,5-6,9-10H2,1-4H3,(H,18,19). The van der Waals surface area contributed by atoms with Gasteiger partial charge in [-0.3, -0.25) is 0 Å². The van der Waals surface area contributed by atoms with Crippen molar-refractivity contribution in [3.8, 4) is 11.5 Å². The molecule has 0 aliphatic carbocycles. The van der Waals surface area contributed by atoms with E-state index in [1.807, 2.05) is 32.0 Å². The quantitative estimate of drug-likeness (QED) is 0.731. The van der Waals surface area contributed by atoms with Gasteiger partial charge in [0.05, 0.1) is 13.2 Å². The third-order valence-electron chi connectivity index (χ3n) is 3.18. The normalized spacial score (nSPS) is 11.8. The first-order chi connectivity index (χ1) is 10.0. The van der Waals surface area contributed by atoms with Gasteiger partial charge in [-0.25, -0.2) is 4.79 Å². The van der Waals surface area contributed by atoms with Crippen LogP contribution in [0.2, 0.25) is 0 Å². The predicted octanol–water partition coefficient (Wildman–Crippen LogP) is 4.14. The van der Waals surface area contributed by atoms with Crippen LogP contribution in [-0.4, -0.2) is 24.3 Å². The maximum atomic E-state index is 11.1. The van der Waals surface area contributed by atoms with E-state index in [9.17, 15) is 4.79 Å². The zero-order valence-electron chi connectivity index (χ0n) is 13.2. The first-order valence-electron chi connectivity index (χ1n) is 7.32. The average molecular weight is 292 g/mol. The fourth-order valence-corrected chi connectivity index (χ4v) is 1.77. The lowest BCUT2D eigenvalue weighted by Crippen LogP contribution is -2.03. The van der Waals surface area contributed by atoms with Gasteiger partial charge in [-0.05, 0) is 50.0 Å². The fraction of sp³-hybridized carbons (Fsp3) is 0.471. The fourth-order valence-electron chi connectivity index (χ4n) is 1.77. The van der Waals surface area contributed by atoms with Crippen LogP contribution in [-0.2, 0) is 4.79 Å². The number of benzene rings is 1. The van der Waals surface area contributed by atoms with Gasteiger partial charge in [0.1, 0.15) is 0 Å². The van der Waals surface area contributed by atoms with Gasteiger partial charge in [-0.2, -0.15) is 0 Å². The average Bonchev–Trinajstić information content (AvgIpc) is 2.49. The molecule has 1 aromatic rings. The molecule has 4 heteroatoms. The Kier molecular flexibility index (Phi) is 6.79. The van der Waals surface area contributed by atoms with E-state index in [4.69, 9.17) is 14.6 Å². The largest absolute Gasteiger partial charge is 0.490 e. The van der Waals surface area contributed by atoms with Gasteiger partial charge < -0.3 is 14.6 Å². The Hall–Kier alpha value is -1.97. The Morgan fingerprint density at radius 3 is 2.14 bits per heavy atom. The van der Waals surface area contributed by atoms with Gasteiger partial charge in [-0.15, -0.1) is 0 Å². The Labute approximate surface area is 126 Å². The lowest BCUT2D eigenvalue weighted by atomic mass is 10.0. The summed E-state index contributed by atoms with van der Waals surface area (Å²) in [5.74, 6) is 0.463.